The molecule has 3 nitrogen and oxygen atoms in total. The van der Waals surface area contributed by atoms with Gasteiger partial charge in [-0.3, -0.25) is 4.98 Å². The largest absolute Gasteiger partial charge is 0.370 e. The first kappa shape index (κ1) is 16.8. The summed E-state index contributed by atoms with van der Waals surface area (Å²) in [4.78, 5) is 6.82. The standard InChI is InChI=1S/C22H18BrN3/c23-18-8-6-16(7-9-18)17-13-19(21-5-1-2-10-25-21)20(15-24)22(14-17)26-11-3-4-12-26/h1-2,5-10,13-14H,3-4,11-12H2. The fourth-order valence-electron chi connectivity index (χ4n) is 3.48. The van der Waals surface area contributed by atoms with Crippen LogP contribution in [0.2, 0.25) is 0 Å². The molecule has 1 aliphatic rings. The van der Waals surface area contributed by atoms with E-state index in [9.17, 15) is 5.26 Å². The van der Waals surface area contributed by atoms with Crippen LogP contribution in [-0.2, 0) is 0 Å². The number of anilines is 1. The van der Waals surface area contributed by atoms with E-state index in [0.29, 0.717) is 5.56 Å². The SMILES string of the molecule is N#Cc1c(-c2ccccn2)cc(-c2ccc(Br)cc2)cc1N1CCCC1. The number of hydrogen-bond acceptors (Lipinski definition) is 3. The van der Waals surface area contributed by atoms with Crippen LogP contribution < -0.4 is 4.90 Å². The molecule has 128 valence electrons. The van der Waals surface area contributed by atoms with E-state index in [1.165, 1.54) is 12.8 Å². The van der Waals surface area contributed by atoms with Crippen molar-refractivity contribution in [1.82, 2.24) is 4.98 Å². The molecule has 4 rings (SSSR count). The molecular weight excluding hydrogens is 386 g/mol. The first-order chi connectivity index (χ1) is 12.8. The van der Waals surface area contributed by atoms with Crippen molar-refractivity contribution in [2.24, 2.45) is 0 Å². The first-order valence-corrected chi connectivity index (χ1v) is 9.56. The van der Waals surface area contributed by atoms with Crippen LogP contribution in [-0.4, -0.2) is 18.1 Å². The van der Waals surface area contributed by atoms with E-state index >= 15 is 0 Å². The number of nitrogens with zero attached hydrogens (tertiary/aromatic N) is 3. The van der Waals surface area contributed by atoms with Crippen molar-refractivity contribution in [3.05, 3.63) is 70.8 Å². The lowest BCUT2D eigenvalue weighted by Crippen LogP contribution is -2.19. The molecule has 0 radical (unpaired) electrons. The molecule has 0 amide bonds. The van der Waals surface area contributed by atoms with Crippen LogP contribution in [0.1, 0.15) is 18.4 Å². The normalized spacial score (nSPS) is 13.6. The third-order valence-corrected chi connectivity index (χ3v) is 5.32. The molecule has 1 fully saturated rings. The van der Waals surface area contributed by atoms with E-state index in [1.807, 2.05) is 30.3 Å². The van der Waals surface area contributed by atoms with Gasteiger partial charge in [-0.25, -0.2) is 0 Å². The van der Waals surface area contributed by atoms with Crippen molar-refractivity contribution in [2.45, 2.75) is 12.8 Å². The third kappa shape index (κ3) is 3.23. The number of nitriles is 1. The number of hydrogen-bond donors (Lipinski definition) is 0. The predicted octanol–water partition coefficient (Wildman–Crippen LogP) is 5.65. The van der Waals surface area contributed by atoms with Crippen LogP contribution in [0.4, 0.5) is 5.69 Å². The second-order valence-corrected chi connectivity index (χ2v) is 7.36. The monoisotopic (exact) mass is 403 g/mol. The highest BCUT2D eigenvalue weighted by Crippen LogP contribution is 2.37. The van der Waals surface area contributed by atoms with E-state index in [4.69, 9.17) is 0 Å². The van der Waals surface area contributed by atoms with Gasteiger partial charge < -0.3 is 4.90 Å². The maximum atomic E-state index is 9.91. The van der Waals surface area contributed by atoms with Crippen molar-refractivity contribution >= 4 is 21.6 Å². The van der Waals surface area contributed by atoms with Gasteiger partial charge in [-0.15, -0.1) is 0 Å². The lowest BCUT2D eigenvalue weighted by Gasteiger charge is -2.22. The van der Waals surface area contributed by atoms with Gasteiger partial charge in [-0.05, 0) is 60.4 Å². The van der Waals surface area contributed by atoms with Gasteiger partial charge in [0.1, 0.15) is 6.07 Å². The van der Waals surface area contributed by atoms with Crippen LogP contribution >= 0.6 is 15.9 Å². The first-order valence-electron chi connectivity index (χ1n) is 8.77. The average molecular weight is 404 g/mol. The Balaban J connectivity index is 1.94. The van der Waals surface area contributed by atoms with E-state index in [-0.39, 0.29) is 0 Å². The Morgan fingerprint density at radius 1 is 0.962 bits per heavy atom. The van der Waals surface area contributed by atoms with Crippen LogP contribution in [0.15, 0.2) is 65.3 Å². The molecular formula is C22H18BrN3. The number of aromatic nitrogens is 1. The zero-order valence-electron chi connectivity index (χ0n) is 14.3. The highest BCUT2D eigenvalue weighted by Gasteiger charge is 2.21. The smallest absolute Gasteiger partial charge is 0.102 e. The second kappa shape index (κ2) is 7.31. The van der Waals surface area contributed by atoms with Gasteiger partial charge in [-0.2, -0.15) is 5.26 Å². The van der Waals surface area contributed by atoms with E-state index in [0.717, 1.165) is 45.6 Å². The molecule has 0 unspecified atom stereocenters. The Morgan fingerprint density at radius 2 is 1.73 bits per heavy atom. The fourth-order valence-corrected chi connectivity index (χ4v) is 3.75. The summed E-state index contributed by atoms with van der Waals surface area (Å²) in [7, 11) is 0. The van der Waals surface area contributed by atoms with Gasteiger partial charge in [0.25, 0.3) is 0 Å². The lowest BCUT2D eigenvalue weighted by atomic mass is 9.95. The third-order valence-electron chi connectivity index (χ3n) is 4.79. The molecule has 3 aromatic rings. The quantitative estimate of drug-likeness (QED) is 0.566. The number of halogens is 1. The molecule has 0 N–H and O–H groups in total. The lowest BCUT2D eigenvalue weighted by molar-refractivity contribution is 0.949. The van der Waals surface area contributed by atoms with Crippen molar-refractivity contribution in [1.29, 1.82) is 5.26 Å². The maximum Gasteiger partial charge on any atom is 0.102 e. The molecule has 2 heterocycles. The summed E-state index contributed by atoms with van der Waals surface area (Å²) in [5.41, 5.74) is 5.71. The second-order valence-electron chi connectivity index (χ2n) is 6.45. The predicted molar refractivity (Wildman–Crippen MR) is 109 cm³/mol. The Hall–Kier alpha value is -2.64. The van der Waals surface area contributed by atoms with Crippen molar-refractivity contribution < 1.29 is 0 Å². The van der Waals surface area contributed by atoms with Gasteiger partial charge in [0.15, 0.2) is 0 Å². The molecule has 4 heteroatoms. The van der Waals surface area contributed by atoms with Gasteiger partial charge >= 0.3 is 0 Å². The summed E-state index contributed by atoms with van der Waals surface area (Å²) in [5, 5.41) is 9.91. The molecule has 1 saturated heterocycles. The molecule has 0 aliphatic carbocycles. The Kier molecular flexibility index (Phi) is 4.73. The summed E-state index contributed by atoms with van der Waals surface area (Å²) in [6.45, 7) is 2.00. The van der Waals surface area contributed by atoms with Crippen LogP contribution in [0.5, 0.6) is 0 Å². The Labute approximate surface area is 162 Å². The van der Waals surface area contributed by atoms with Gasteiger partial charge in [0.05, 0.1) is 16.9 Å². The zero-order chi connectivity index (χ0) is 17.9. The van der Waals surface area contributed by atoms with Crippen molar-refractivity contribution in [3.8, 4) is 28.5 Å². The van der Waals surface area contributed by atoms with E-state index in [2.05, 4.69) is 56.1 Å². The fraction of sp³-hybridized carbons (Fsp3) is 0.182. The van der Waals surface area contributed by atoms with Gasteiger partial charge in [0, 0.05) is 29.3 Å². The summed E-state index contributed by atoms with van der Waals surface area (Å²) in [6, 6.07) is 20.8. The summed E-state index contributed by atoms with van der Waals surface area (Å²) in [5.74, 6) is 0. The molecule has 0 atom stereocenters. The average Bonchev–Trinajstić information content (AvgIpc) is 3.23. The summed E-state index contributed by atoms with van der Waals surface area (Å²) >= 11 is 3.50. The van der Waals surface area contributed by atoms with Crippen LogP contribution in [0.25, 0.3) is 22.4 Å². The van der Waals surface area contributed by atoms with Gasteiger partial charge in [0.2, 0.25) is 0 Å². The van der Waals surface area contributed by atoms with Crippen molar-refractivity contribution in [3.63, 3.8) is 0 Å². The minimum absolute atomic E-state index is 0.714. The van der Waals surface area contributed by atoms with Crippen LogP contribution in [0, 0.1) is 11.3 Å². The molecule has 1 aromatic heterocycles. The summed E-state index contributed by atoms with van der Waals surface area (Å²) in [6.07, 6.45) is 4.12. The topological polar surface area (TPSA) is 39.9 Å². The molecule has 26 heavy (non-hydrogen) atoms. The Morgan fingerprint density at radius 3 is 2.38 bits per heavy atom. The minimum Gasteiger partial charge on any atom is -0.370 e. The highest BCUT2D eigenvalue weighted by molar-refractivity contribution is 9.10. The van der Waals surface area contributed by atoms with E-state index in [1.54, 1.807) is 6.20 Å². The van der Waals surface area contributed by atoms with Crippen molar-refractivity contribution in [2.75, 3.05) is 18.0 Å². The molecule has 0 saturated carbocycles. The minimum atomic E-state index is 0.714. The number of rotatable bonds is 3. The Bertz CT molecular complexity index is 953. The molecule has 0 spiro atoms. The maximum absolute atomic E-state index is 9.91. The van der Waals surface area contributed by atoms with E-state index < -0.39 is 0 Å². The number of benzene rings is 2. The zero-order valence-corrected chi connectivity index (χ0v) is 15.9. The van der Waals surface area contributed by atoms with Gasteiger partial charge in [-0.1, -0.05) is 34.1 Å². The molecule has 0 bridgehead atoms. The summed E-state index contributed by atoms with van der Waals surface area (Å²) < 4.78 is 1.06. The van der Waals surface area contributed by atoms with Crippen LogP contribution in [0.3, 0.4) is 0 Å². The molecule has 1 aliphatic heterocycles. The molecule has 2 aromatic carbocycles. The highest BCUT2D eigenvalue weighted by atomic mass is 79.9. The number of pyridine rings is 1.